The zero-order chi connectivity index (χ0) is 25.2. The van der Waals surface area contributed by atoms with E-state index in [1.54, 1.807) is 11.0 Å². The molecule has 10 nitrogen and oxygen atoms in total. The fourth-order valence-corrected chi connectivity index (χ4v) is 3.83. The number of imidazole rings is 1. The van der Waals surface area contributed by atoms with E-state index in [1.165, 1.54) is 6.92 Å². The Kier molecular flexibility index (Phi) is 9.47. The Balaban J connectivity index is 0.00000108. The average molecular weight is 482 g/mol. The number of aliphatic hydroxyl groups is 1. The van der Waals surface area contributed by atoms with Crippen LogP contribution in [-0.2, 0) is 27.4 Å². The monoisotopic (exact) mass is 481 g/mol. The van der Waals surface area contributed by atoms with Gasteiger partial charge in [-0.3, -0.25) is 14.9 Å². The van der Waals surface area contributed by atoms with Crippen LogP contribution in [0.3, 0.4) is 0 Å². The van der Waals surface area contributed by atoms with E-state index in [0.29, 0.717) is 49.7 Å². The van der Waals surface area contributed by atoms with E-state index >= 15 is 0 Å². The van der Waals surface area contributed by atoms with Gasteiger partial charge in [-0.1, -0.05) is 12.1 Å². The summed E-state index contributed by atoms with van der Waals surface area (Å²) in [4.78, 5) is 40.3. The maximum Gasteiger partial charge on any atom is 0.257 e. The molecule has 1 saturated heterocycles. The maximum absolute atomic E-state index is 12.9. The third-order valence-corrected chi connectivity index (χ3v) is 5.36. The van der Waals surface area contributed by atoms with E-state index in [1.807, 2.05) is 48.0 Å². The summed E-state index contributed by atoms with van der Waals surface area (Å²) in [5, 5.41) is 15.3. The molecule has 0 atom stereocenters. The lowest BCUT2D eigenvalue weighted by Gasteiger charge is -2.26. The molecule has 2 amide bonds. The SMILES string of the molecule is CC=O.CNCc1cccc(C(=O)Nc2nc3cc(N4CCOCC4=O)ccc3n2CCCO)c1. The molecule has 1 aliphatic heterocycles. The van der Waals surface area contributed by atoms with Crippen molar-refractivity contribution in [3.05, 3.63) is 53.6 Å². The third kappa shape index (κ3) is 6.50. The van der Waals surface area contributed by atoms with Gasteiger partial charge in [-0.05, 0) is 56.3 Å². The normalized spacial score (nSPS) is 13.3. The van der Waals surface area contributed by atoms with Crippen LogP contribution in [0.5, 0.6) is 0 Å². The first-order valence-electron chi connectivity index (χ1n) is 11.5. The van der Waals surface area contributed by atoms with Gasteiger partial charge in [0.15, 0.2) is 0 Å². The zero-order valence-corrected chi connectivity index (χ0v) is 20.0. The Bertz CT molecular complexity index is 1180. The minimum absolute atomic E-state index is 0.0273. The lowest BCUT2D eigenvalue weighted by Crippen LogP contribution is -2.41. The number of fused-ring (bicyclic) bond motifs is 1. The van der Waals surface area contributed by atoms with Gasteiger partial charge in [0.25, 0.3) is 11.8 Å². The van der Waals surface area contributed by atoms with E-state index in [0.717, 1.165) is 23.1 Å². The van der Waals surface area contributed by atoms with Crippen molar-refractivity contribution in [2.75, 3.05) is 43.6 Å². The molecule has 4 rings (SSSR count). The van der Waals surface area contributed by atoms with Crippen molar-refractivity contribution in [1.82, 2.24) is 14.9 Å². The van der Waals surface area contributed by atoms with Crippen LogP contribution in [0.2, 0.25) is 0 Å². The summed E-state index contributed by atoms with van der Waals surface area (Å²) >= 11 is 0. The molecule has 2 aromatic carbocycles. The fourth-order valence-electron chi connectivity index (χ4n) is 3.83. The predicted octanol–water partition coefficient (Wildman–Crippen LogP) is 1.96. The second-order valence-corrected chi connectivity index (χ2v) is 7.86. The van der Waals surface area contributed by atoms with Gasteiger partial charge in [-0.2, -0.15) is 0 Å². The highest BCUT2D eigenvalue weighted by Gasteiger charge is 2.22. The van der Waals surface area contributed by atoms with Gasteiger partial charge < -0.3 is 29.4 Å². The van der Waals surface area contributed by atoms with Crippen LogP contribution < -0.4 is 15.5 Å². The van der Waals surface area contributed by atoms with E-state index < -0.39 is 0 Å². The molecular weight excluding hydrogens is 450 g/mol. The number of aromatic nitrogens is 2. The molecule has 0 spiro atoms. The van der Waals surface area contributed by atoms with Crippen molar-refractivity contribution >= 4 is 40.8 Å². The Morgan fingerprint density at radius 3 is 2.77 bits per heavy atom. The number of aryl methyl sites for hydroxylation is 1. The van der Waals surface area contributed by atoms with Crippen LogP contribution in [0, 0.1) is 0 Å². The highest BCUT2D eigenvalue weighted by molar-refractivity contribution is 6.04. The molecule has 10 heteroatoms. The third-order valence-electron chi connectivity index (χ3n) is 5.36. The van der Waals surface area contributed by atoms with Crippen molar-refractivity contribution in [3.8, 4) is 0 Å². The van der Waals surface area contributed by atoms with Gasteiger partial charge in [0.1, 0.15) is 12.9 Å². The maximum atomic E-state index is 12.9. The minimum atomic E-state index is -0.257. The number of carbonyl (C=O) groups is 3. The van der Waals surface area contributed by atoms with Crippen LogP contribution in [0.4, 0.5) is 11.6 Å². The summed E-state index contributed by atoms with van der Waals surface area (Å²) in [6.45, 7) is 3.68. The zero-order valence-electron chi connectivity index (χ0n) is 20.0. The molecule has 186 valence electrons. The average Bonchev–Trinajstić information content (AvgIpc) is 3.19. The molecular formula is C25H31N5O5. The molecule has 3 aromatic rings. The summed E-state index contributed by atoms with van der Waals surface area (Å²) < 4.78 is 7.09. The van der Waals surface area contributed by atoms with Crippen LogP contribution in [-0.4, -0.2) is 66.2 Å². The summed E-state index contributed by atoms with van der Waals surface area (Å²) in [6, 6.07) is 13.0. The van der Waals surface area contributed by atoms with Crippen molar-refractivity contribution in [2.45, 2.75) is 26.4 Å². The minimum Gasteiger partial charge on any atom is -0.396 e. The molecule has 0 aliphatic carbocycles. The van der Waals surface area contributed by atoms with Gasteiger partial charge >= 0.3 is 0 Å². The predicted molar refractivity (Wildman–Crippen MR) is 134 cm³/mol. The number of benzene rings is 2. The number of amides is 2. The number of aldehydes is 1. The number of hydrogen-bond donors (Lipinski definition) is 3. The van der Waals surface area contributed by atoms with Crippen molar-refractivity contribution < 1.29 is 24.2 Å². The molecule has 2 heterocycles. The molecule has 0 bridgehead atoms. The molecule has 0 unspecified atom stereocenters. The number of morpholine rings is 1. The second kappa shape index (κ2) is 12.7. The summed E-state index contributed by atoms with van der Waals surface area (Å²) in [6.07, 6.45) is 1.27. The van der Waals surface area contributed by atoms with Crippen molar-refractivity contribution in [3.63, 3.8) is 0 Å². The fraction of sp³-hybridized carbons (Fsp3) is 0.360. The number of rotatable bonds is 8. The lowest BCUT2D eigenvalue weighted by molar-refractivity contribution is -0.125. The number of ether oxygens (including phenoxy) is 1. The summed E-state index contributed by atoms with van der Waals surface area (Å²) in [5.41, 5.74) is 3.78. The summed E-state index contributed by atoms with van der Waals surface area (Å²) in [5.74, 6) is 0.0558. The first kappa shape index (κ1) is 26.0. The number of aliphatic hydroxyl groups excluding tert-OH is 1. The Hall–Kier alpha value is -3.60. The number of nitrogens with one attached hydrogen (secondary N) is 2. The van der Waals surface area contributed by atoms with E-state index in [4.69, 9.17) is 9.53 Å². The van der Waals surface area contributed by atoms with E-state index in [9.17, 15) is 14.7 Å². The number of nitrogens with zero attached hydrogens (tertiary/aromatic N) is 3. The van der Waals surface area contributed by atoms with Gasteiger partial charge in [0.2, 0.25) is 5.95 Å². The number of hydrogen-bond acceptors (Lipinski definition) is 7. The van der Waals surface area contributed by atoms with E-state index in [-0.39, 0.29) is 25.0 Å². The number of anilines is 2. The first-order valence-corrected chi connectivity index (χ1v) is 11.5. The standard InChI is InChI=1S/C23H27N5O4.C2H4O/c1-24-14-16-4-2-5-17(12-16)22(31)26-23-25-19-13-18(27-9-11-32-15-21(27)30)6-7-20(19)28(23)8-3-10-29;1-2-3/h2,4-7,12-13,24,29H,3,8-11,14-15H2,1H3,(H,25,26,31);2H,1H3. The molecule has 0 saturated carbocycles. The quantitative estimate of drug-likeness (QED) is 0.420. The van der Waals surface area contributed by atoms with Crippen LogP contribution >= 0.6 is 0 Å². The molecule has 1 aromatic heterocycles. The van der Waals surface area contributed by atoms with Crippen molar-refractivity contribution in [2.24, 2.45) is 0 Å². The number of carbonyl (C=O) groups excluding carboxylic acids is 3. The topological polar surface area (TPSA) is 126 Å². The highest BCUT2D eigenvalue weighted by atomic mass is 16.5. The van der Waals surface area contributed by atoms with Crippen LogP contribution in [0.1, 0.15) is 29.3 Å². The first-order chi connectivity index (χ1) is 17.0. The Morgan fingerprint density at radius 2 is 2.06 bits per heavy atom. The van der Waals surface area contributed by atoms with Crippen molar-refractivity contribution in [1.29, 1.82) is 0 Å². The Morgan fingerprint density at radius 1 is 1.26 bits per heavy atom. The second-order valence-electron chi connectivity index (χ2n) is 7.86. The smallest absolute Gasteiger partial charge is 0.257 e. The largest absolute Gasteiger partial charge is 0.396 e. The Labute approximate surface area is 203 Å². The van der Waals surface area contributed by atoms with E-state index in [2.05, 4.69) is 15.6 Å². The molecule has 1 fully saturated rings. The van der Waals surface area contributed by atoms with Gasteiger partial charge in [-0.25, -0.2) is 4.98 Å². The molecule has 0 radical (unpaired) electrons. The lowest BCUT2D eigenvalue weighted by atomic mass is 10.1. The van der Waals surface area contributed by atoms with Gasteiger partial charge in [0.05, 0.1) is 17.6 Å². The molecule has 3 N–H and O–H groups in total. The van der Waals surface area contributed by atoms with Crippen LogP contribution in [0.15, 0.2) is 42.5 Å². The van der Waals surface area contributed by atoms with Gasteiger partial charge in [-0.15, -0.1) is 0 Å². The van der Waals surface area contributed by atoms with Gasteiger partial charge in [0, 0.05) is 37.5 Å². The molecule has 1 aliphatic rings. The summed E-state index contributed by atoms with van der Waals surface area (Å²) in [7, 11) is 1.86. The molecule has 35 heavy (non-hydrogen) atoms. The highest BCUT2D eigenvalue weighted by Crippen LogP contribution is 2.26. The van der Waals surface area contributed by atoms with Crippen LogP contribution in [0.25, 0.3) is 11.0 Å².